The van der Waals surface area contributed by atoms with Crippen LogP contribution in [0.15, 0.2) is 18.6 Å². The number of aromatic nitrogens is 3. The Hall–Kier alpha value is -1.38. The van der Waals surface area contributed by atoms with Crippen LogP contribution in [-0.4, -0.2) is 14.8 Å². The van der Waals surface area contributed by atoms with Crippen molar-refractivity contribution in [1.82, 2.24) is 14.8 Å². The molecule has 0 aromatic carbocycles. The van der Waals surface area contributed by atoms with E-state index in [0.29, 0.717) is 5.92 Å². The summed E-state index contributed by atoms with van der Waals surface area (Å²) in [6.45, 7) is 4.38. The average molecular weight is 175 g/mol. The molecule has 0 atom stereocenters. The molecule has 2 rings (SSSR count). The zero-order valence-corrected chi connectivity index (χ0v) is 8.15. The van der Waals surface area contributed by atoms with E-state index in [2.05, 4.69) is 34.8 Å². The lowest BCUT2D eigenvalue weighted by molar-refractivity contribution is 0.857. The molecule has 0 fully saturated rings. The highest BCUT2D eigenvalue weighted by molar-refractivity contribution is 5.82. The Labute approximate surface area is 77.4 Å². The largest absolute Gasteiger partial charge is 0.349 e. The number of aryl methyl sites for hydroxylation is 1. The van der Waals surface area contributed by atoms with Gasteiger partial charge in [-0.1, -0.05) is 13.8 Å². The second-order valence-electron chi connectivity index (χ2n) is 3.64. The highest BCUT2D eigenvalue weighted by atomic mass is 15.1. The van der Waals surface area contributed by atoms with Gasteiger partial charge in [0.15, 0.2) is 0 Å². The molecule has 2 aromatic heterocycles. The highest BCUT2D eigenvalue weighted by Crippen LogP contribution is 2.25. The molecule has 2 aromatic rings. The fraction of sp³-hybridized carbons (Fsp3) is 0.400. The lowest BCUT2D eigenvalue weighted by Crippen LogP contribution is -1.85. The molecule has 0 radical (unpaired) electrons. The highest BCUT2D eigenvalue weighted by Gasteiger charge is 2.09. The lowest BCUT2D eigenvalue weighted by Gasteiger charge is -2.00. The van der Waals surface area contributed by atoms with Gasteiger partial charge in [-0.05, 0) is 11.5 Å². The molecule has 0 spiro atoms. The molecule has 3 heteroatoms. The van der Waals surface area contributed by atoms with Crippen LogP contribution in [0.2, 0.25) is 0 Å². The maximum Gasteiger partial charge on any atom is 0.0739 e. The molecule has 0 aliphatic carbocycles. The van der Waals surface area contributed by atoms with Gasteiger partial charge in [0.05, 0.1) is 17.9 Å². The minimum atomic E-state index is 0.535. The van der Waals surface area contributed by atoms with Crippen molar-refractivity contribution in [2.45, 2.75) is 19.8 Å². The third-order valence-electron chi connectivity index (χ3n) is 2.36. The number of hydrogen-bond donors (Lipinski definition) is 0. The Balaban J connectivity index is 2.78. The van der Waals surface area contributed by atoms with E-state index in [0.717, 1.165) is 5.52 Å². The summed E-state index contributed by atoms with van der Waals surface area (Å²) in [7, 11) is 2.04. The maximum atomic E-state index is 3.91. The van der Waals surface area contributed by atoms with E-state index >= 15 is 0 Å². The molecule has 0 saturated heterocycles. The number of hydrogen-bond acceptors (Lipinski definition) is 2. The van der Waals surface area contributed by atoms with Gasteiger partial charge in [0.1, 0.15) is 0 Å². The van der Waals surface area contributed by atoms with Crippen LogP contribution in [0, 0.1) is 0 Å². The van der Waals surface area contributed by atoms with Crippen LogP contribution in [-0.2, 0) is 7.05 Å². The maximum absolute atomic E-state index is 3.91. The molecule has 0 aliphatic heterocycles. The fourth-order valence-electron chi connectivity index (χ4n) is 1.63. The second kappa shape index (κ2) is 2.83. The third-order valence-corrected chi connectivity index (χ3v) is 2.36. The zero-order chi connectivity index (χ0) is 9.42. The van der Waals surface area contributed by atoms with Crippen molar-refractivity contribution in [3.63, 3.8) is 0 Å². The molecule has 0 saturated carbocycles. The standard InChI is InChI=1S/C10H13N3/c1-7(2)9-6-13(3)10-5-12-11-4-8(9)10/h4-7H,1-3H3. The summed E-state index contributed by atoms with van der Waals surface area (Å²) in [4.78, 5) is 0. The van der Waals surface area contributed by atoms with E-state index in [1.54, 1.807) is 6.20 Å². The first-order valence-electron chi connectivity index (χ1n) is 4.45. The van der Waals surface area contributed by atoms with Gasteiger partial charge in [-0.15, -0.1) is 0 Å². The molecule has 2 heterocycles. The molecule has 0 unspecified atom stereocenters. The summed E-state index contributed by atoms with van der Waals surface area (Å²) in [5, 5.41) is 9.00. The van der Waals surface area contributed by atoms with Gasteiger partial charge in [-0.25, -0.2) is 0 Å². The van der Waals surface area contributed by atoms with Crippen LogP contribution in [0.25, 0.3) is 10.9 Å². The van der Waals surface area contributed by atoms with Crippen molar-refractivity contribution in [2.75, 3.05) is 0 Å². The summed E-state index contributed by atoms with van der Waals surface area (Å²) in [5.74, 6) is 0.535. The topological polar surface area (TPSA) is 30.7 Å². The quantitative estimate of drug-likeness (QED) is 0.664. The zero-order valence-electron chi connectivity index (χ0n) is 8.15. The van der Waals surface area contributed by atoms with E-state index in [9.17, 15) is 0 Å². The molecule has 0 aliphatic rings. The SMILES string of the molecule is CC(C)c1cn(C)c2cnncc12. The first kappa shape index (κ1) is 8.23. The van der Waals surface area contributed by atoms with E-state index in [1.807, 2.05) is 13.2 Å². The Morgan fingerprint density at radius 3 is 2.62 bits per heavy atom. The summed E-state index contributed by atoms with van der Waals surface area (Å²) >= 11 is 0. The third kappa shape index (κ3) is 1.20. The van der Waals surface area contributed by atoms with Crippen molar-refractivity contribution < 1.29 is 0 Å². The van der Waals surface area contributed by atoms with Gasteiger partial charge in [0, 0.05) is 18.6 Å². The average Bonchev–Trinajstić information content (AvgIpc) is 2.45. The minimum Gasteiger partial charge on any atom is -0.349 e. The van der Waals surface area contributed by atoms with Crippen molar-refractivity contribution in [2.24, 2.45) is 7.05 Å². The van der Waals surface area contributed by atoms with Crippen molar-refractivity contribution in [3.05, 3.63) is 24.2 Å². The van der Waals surface area contributed by atoms with Crippen LogP contribution in [0.5, 0.6) is 0 Å². The van der Waals surface area contributed by atoms with Crippen LogP contribution in [0.4, 0.5) is 0 Å². The van der Waals surface area contributed by atoms with Gasteiger partial charge in [0.2, 0.25) is 0 Å². The predicted octanol–water partition coefficient (Wildman–Crippen LogP) is 2.09. The van der Waals surface area contributed by atoms with Crippen molar-refractivity contribution in [1.29, 1.82) is 0 Å². The van der Waals surface area contributed by atoms with Gasteiger partial charge in [-0.2, -0.15) is 10.2 Å². The van der Waals surface area contributed by atoms with Gasteiger partial charge >= 0.3 is 0 Å². The smallest absolute Gasteiger partial charge is 0.0739 e. The van der Waals surface area contributed by atoms with Crippen molar-refractivity contribution >= 4 is 10.9 Å². The molecule has 13 heavy (non-hydrogen) atoms. The summed E-state index contributed by atoms with van der Waals surface area (Å²) in [6.07, 6.45) is 5.80. The molecular formula is C10H13N3. The lowest BCUT2D eigenvalue weighted by atomic mass is 10.0. The molecular weight excluding hydrogens is 162 g/mol. The second-order valence-corrected chi connectivity index (χ2v) is 3.64. The number of rotatable bonds is 1. The molecule has 0 amide bonds. The summed E-state index contributed by atoms with van der Waals surface area (Å²) in [6, 6.07) is 0. The Bertz CT molecular complexity index is 429. The molecule has 0 N–H and O–H groups in total. The first-order valence-corrected chi connectivity index (χ1v) is 4.45. The number of nitrogens with zero attached hydrogens (tertiary/aromatic N) is 3. The monoisotopic (exact) mass is 175 g/mol. The molecule has 3 nitrogen and oxygen atoms in total. The van der Waals surface area contributed by atoms with Crippen LogP contribution >= 0.6 is 0 Å². The van der Waals surface area contributed by atoms with Crippen LogP contribution in [0.3, 0.4) is 0 Å². The van der Waals surface area contributed by atoms with Crippen molar-refractivity contribution in [3.8, 4) is 0 Å². The number of fused-ring (bicyclic) bond motifs is 1. The Morgan fingerprint density at radius 2 is 1.92 bits per heavy atom. The summed E-state index contributed by atoms with van der Waals surface area (Å²) in [5.41, 5.74) is 2.49. The molecule has 68 valence electrons. The fourth-order valence-corrected chi connectivity index (χ4v) is 1.63. The van der Waals surface area contributed by atoms with Gasteiger partial charge < -0.3 is 4.57 Å². The van der Waals surface area contributed by atoms with Gasteiger partial charge in [-0.3, -0.25) is 0 Å². The van der Waals surface area contributed by atoms with E-state index in [1.165, 1.54) is 10.9 Å². The normalized spacial score (nSPS) is 11.4. The minimum absolute atomic E-state index is 0.535. The summed E-state index contributed by atoms with van der Waals surface area (Å²) < 4.78 is 2.10. The predicted molar refractivity (Wildman–Crippen MR) is 52.6 cm³/mol. The van der Waals surface area contributed by atoms with E-state index < -0.39 is 0 Å². The Morgan fingerprint density at radius 1 is 1.23 bits per heavy atom. The van der Waals surface area contributed by atoms with Crippen LogP contribution < -0.4 is 0 Å². The molecule has 0 bridgehead atoms. The Kier molecular flexibility index (Phi) is 1.79. The van der Waals surface area contributed by atoms with Crippen LogP contribution in [0.1, 0.15) is 25.3 Å². The van der Waals surface area contributed by atoms with E-state index in [-0.39, 0.29) is 0 Å². The van der Waals surface area contributed by atoms with E-state index in [4.69, 9.17) is 0 Å². The van der Waals surface area contributed by atoms with Gasteiger partial charge in [0.25, 0.3) is 0 Å². The first-order chi connectivity index (χ1) is 6.20.